The molecule has 0 saturated carbocycles. The molecule has 3 nitrogen and oxygen atoms in total. The van der Waals surface area contributed by atoms with Crippen molar-refractivity contribution in [3.63, 3.8) is 0 Å². The van der Waals surface area contributed by atoms with Crippen molar-refractivity contribution in [3.05, 3.63) is 11.8 Å². The highest BCUT2D eigenvalue weighted by Crippen LogP contribution is 2.13. The van der Waals surface area contributed by atoms with Crippen LogP contribution in [-0.4, -0.2) is 17.7 Å². The van der Waals surface area contributed by atoms with E-state index >= 15 is 0 Å². The monoisotopic (exact) mass is 388 g/mol. The summed E-state index contributed by atoms with van der Waals surface area (Å²) in [4.78, 5) is 11.2. The summed E-state index contributed by atoms with van der Waals surface area (Å²) in [6, 6.07) is 0. The number of esters is 1. The van der Waals surface area contributed by atoms with E-state index < -0.39 is 0 Å². The van der Waals surface area contributed by atoms with E-state index in [0.29, 0.717) is 18.6 Å². The molecule has 0 unspecified atom stereocenters. The highest BCUT2D eigenvalue weighted by Gasteiger charge is 1.98. The summed E-state index contributed by atoms with van der Waals surface area (Å²) in [5, 5.41) is 8.69. The van der Waals surface area contributed by atoms with Crippen LogP contribution in [-0.2, 0) is 9.53 Å². The third kappa shape index (κ3) is 20.6. The minimum absolute atomic E-state index is 0.139. The Morgan fingerprint density at radius 2 is 1.43 bits per heavy atom. The summed E-state index contributed by atoms with van der Waals surface area (Å²) >= 11 is 0. The lowest BCUT2D eigenvalue weighted by atomic mass is 10.0. The van der Waals surface area contributed by atoms with E-state index in [4.69, 9.17) is 9.84 Å². The normalized spacial score (nSPS) is 10.6. The van der Waals surface area contributed by atoms with E-state index in [0.717, 1.165) is 12.8 Å². The maximum Gasteiger partial charge on any atom is 0.308 e. The quantitative estimate of drug-likeness (QED) is 0.146. The first-order chi connectivity index (χ1) is 13.7. The molecular weight excluding hydrogens is 348 g/mol. The zero-order valence-electron chi connectivity index (χ0n) is 18.2. The Morgan fingerprint density at radius 3 is 1.96 bits per heavy atom. The molecule has 0 aliphatic rings. The maximum atomic E-state index is 11.2. The van der Waals surface area contributed by atoms with Crippen molar-refractivity contribution in [3.8, 4) is 23.7 Å². The second-order valence-electron chi connectivity index (χ2n) is 7.22. The number of unbranched alkanes of at least 4 members (excludes halogenated alkanes) is 13. The number of allylic oxidation sites excluding steroid dienone is 2. The van der Waals surface area contributed by atoms with Crippen LogP contribution in [0.4, 0.5) is 0 Å². The third-order valence-corrected chi connectivity index (χ3v) is 4.44. The first kappa shape index (κ1) is 26.3. The van der Waals surface area contributed by atoms with Gasteiger partial charge >= 0.3 is 5.97 Å². The highest BCUT2D eigenvalue weighted by atomic mass is 16.5. The van der Waals surface area contributed by atoms with E-state index in [2.05, 4.69) is 30.6 Å². The van der Waals surface area contributed by atoms with Gasteiger partial charge in [-0.1, -0.05) is 83.5 Å². The van der Waals surface area contributed by atoms with Crippen LogP contribution in [0.2, 0.25) is 0 Å². The molecule has 0 aromatic rings. The first-order valence-electron chi connectivity index (χ1n) is 11.2. The fraction of sp³-hybridized carbons (Fsp3) is 0.720. The predicted molar refractivity (Wildman–Crippen MR) is 117 cm³/mol. The van der Waals surface area contributed by atoms with Gasteiger partial charge in [-0.3, -0.25) is 4.79 Å². The molecule has 0 spiro atoms. The molecule has 0 aromatic carbocycles. The van der Waals surface area contributed by atoms with E-state index in [1.54, 1.807) is 0 Å². The molecule has 1 N–H and O–H groups in total. The molecular formula is C25H40O3. The largest absolute Gasteiger partial charge is 0.418 e. The molecule has 0 aromatic heterocycles. The minimum atomic E-state index is -0.358. The summed E-state index contributed by atoms with van der Waals surface area (Å²) in [5.41, 5.74) is 0. The average Bonchev–Trinajstić information content (AvgIpc) is 2.67. The van der Waals surface area contributed by atoms with Crippen molar-refractivity contribution < 1.29 is 14.6 Å². The second-order valence-corrected chi connectivity index (χ2v) is 7.22. The third-order valence-electron chi connectivity index (χ3n) is 4.44. The number of ether oxygens (including phenoxy) is 1. The molecule has 0 aliphatic carbocycles. The molecule has 0 fully saturated rings. The van der Waals surface area contributed by atoms with Gasteiger partial charge in [-0.15, -0.1) is 0 Å². The predicted octanol–water partition coefficient (Wildman–Crippen LogP) is 6.30. The molecule has 0 bridgehead atoms. The van der Waals surface area contributed by atoms with Crippen LogP contribution >= 0.6 is 0 Å². The van der Waals surface area contributed by atoms with Crippen LogP contribution in [0.15, 0.2) is 11.8 Å². The Morgan fingerprint density at radius 1 is 0.857 bits per heavy atom. The summed E-state index contributed by atoms with van der Waals surface area (Å²) in [5.74, 6) is 11.1. The van der Waals surface area contributed by atoms with Gasteiger partial charge in [-0.2, -0.15) is 0 Å². The Bertz CT molecular complexity index is 525. The Kier molecular flexibility index (Phi) is 20.3. The smallest absolute Gasteiger partial charge is 0.308 e. The Balaban J connectivity index is 3.84. The topological polar surface area (TPSA) is 46.5 Å². The number of carbonyl (C=O) groups excluding carboxylic acids is 1. The fourth-order valence-electron chi connectivity index (χ4n) is 2.86. The molecule has 0 amide bonds. The van der Waals surface area contributed by atoms with Gasteiger partial charge in [0.25, 0.3) is 0 Å². The van der Waals surface area contributed by atoms with E-state index in [1.165, 1.54) is 77.6 Å². The van der Waals surface area contributed by atoms with Crippen LogP contribution in [0.25, 0.3) is 0 Å². The van der Waals surface area contributed by atoms with Crippen LogP contribution in [0, 0.1) is 23.7 Å². The summed E-state index contributed by atoms with van der Waals surface area (Å²) in [7, 11) is 0. The van der Waals surface area contributed by atoms with E-state index in [-0.39, 0.29) is 12.6 Å². The van der Waals surface area contributed by atoms with Crippen molar-refractivity contribution >= 4 is 5.97 Å². The fourth-order valence-corrected chi connectivity index (χ4v) is 2.86. The number of rotatable bonds is 16. The highest BCUT2D eigenvalue weighted by molar-refractivity contribution is 5.68. The lowest BCUT2D eigenvalue weighted by Gasteiger charge is -2.02. The molecule has 0 rings (SSSR count). The number of hydrogen-bond donors (Lipinski definition) is 1. The number of carbonyl (C=O) groups is 1. The zero-order valence-corrected chi connectivity index (χ0v) is 18.2. The van der Waals surface area contributed by atoms with Gasteiger partial charge in [0.1, 0.15) is 0 Å². The van der Waals surface area contributed by atoms with Crippen LogP contribution < -0.4 is 0 Å². The SMILES string of the molecule is CCCCCCCCCCCCCC/C=C(\C#CC#CCCCO)OC(C)=O. The summed E-state index contributed by atoms with van der Waals surface area (Å²) in [6.07, 6.45) is 19.9. The van der Waals surface area contributed by atoms with Crippen molar-refractivity contribution in [2.45, 2.75) is 110 Å². The lowest BCUT2D eigenvalue weighted by Crippen LogP contribution is -1.97. The van der Waals surface area contributed by atoms with Crippen LogP contribution in [0.5, 0.6) is 0 Å². The number of aliphatic hydroxyl groups is 1. The minimum Gasteiger partial charge on any atom is -0.418 e. The second kappa shape index (κ2) is 21.6. The van der Waals surface area contributed by atoms with Gasteiger partial charge < -0.3 is 9.84 Å². The Hall–Kier alpha value is -1.71. The number of aliphatic hydroxyl groups excluding tert-OH is 1. The molecule has 3 heteroatoms. The van der Waals surface area contributed by atoms with Crippen molar-refractivity contribution in [1.29, 1.82) is 0 Å². The number of hydrogen-bond acceptors (Lipinski definition) is 3. The summed E-state index contributed by atoms with van der Waals surface area (Å²) in [6.45, 7) is 3.78. The molecule has 0 atom stereocenters. The maximum absolute atomic E-state index is 11.2. The van der Waals surface area contributed by atoms with Gasteiger partial charge in [-0.05, 0) is 43.1 Å². The lowest BCUT2D eigenvalue weighted by molar-refractivity contribution is -0.136. The van der Waals surface area contributed by atoms with Crippen molar-refractivity contribution in [2.24, 2.45) is 0 Å². The van der Waals surface area contributed by atoms with Crippen LogP contribution in [0.1, 0.15) is 110 Å². The molecule has 0 heterocycles. The standard InChI is InChI=1S/C25H40O3/c1-3-4-5-6-7-8-9-10-11-12-13-15-18-21-25(28-24(2)27)22-19-16-14-17-20-23-26/h21,26H,3-13,15,17-18,20,23H2,1-2H3/b25-21+. The van der Waals surface area contributed by atoms with Gasteiger partial charge in [0.2, 0.25) is 0 Å². The molecule has 0 saturated heterocycles. The van der Waals surface area contributed by atoms with Gasteiger partial charge in [-0.25, -0.2) is 0 Å². The van der Waals surface area contributed by atoms with E-state index in [9.17, 15) is 4.79 Å². The van der Waals surface area contributed by atoms with Crippen molar-refractivity contribution in [2.75, 3.05) is 6.61 Å². The molecule has 0 radical (unpaired) electrons. The van der Waals surface area contributed by atoms with Gasteiger partial charge in [0, 0.05) is 20.0 Å². The van der Waals surface area contributed by atoms with Gasteiger partial charge in [0.15, 0.2) is 5.76 Å². The molecule has 28 heavy (non-hydrogen) atoms. The van der Waals surface area contributed by atoms with Gasteiger partial charge in [0.05, 0.1) is 0 Å². The average molecular weight is 389 g/mol. The molecule has 0 aliphatic heterocycles. The first-order valence-corrected chi connectivity index (χ1v) is 11.2. The van der Waals surface area contributed by atoms with E-state index in [1.807, 2.05) is 6.08 Å². The zero-order chi connectivity index (χ0) is 20.7. The summed E-state index contributed by atoms with van der Waals surface area (Å²) < 4.78 is 5.13. The van der Waals surface area contributed by atoms with Crippen molar-refractivity contribution in [1.82, 2.24) is 0 Å². The molecule has 158 valence electrons. The van der Waals surface area contributed by atoms with Crippen LogP contribution in [0.3, 0.4) is 0 Å². The Labute approximate surface area is 173 Å².